The third-order valence-corrected chi connectivity index (χ3v) is 13.4. The number of aromatic nitrogens is 4. The smallest absolute Gasteiger partial charge is 0.165 e. The monoisotopic (exact) mass is 774 g/mol. The molecule has 0 radical (unpaired) electrons. The highest BCUT2D eigenvalue weighted by Gasteiger charge is 2.29. The predicted octanol–water partition coefficient (Wildman–Crippen LogP) is 14.8. The van der Waals surface area contributed by atoms with Crippen LogP contribution in [0.25, 0.3) is 143 Å². The number of hydrogen-bond acceptors (Lipinski definition) is 3. The Balaban J connectivity index is 1.14. The molecule has 5 heteroatoms. The Bertz CT molecular complexity index is 4280. The van der Waals surface area contributed by atoms with Crippen molar-refractivity contribution in [2.45, 2.75) is 0 Å². The molecular weight excluding hydrogens is 745 g/mol. The molecule has 0 bridgehead atoms. The van der Waals surface area contributed by atoms with Gasteiger partial charge < -0.3 is 8.98 Å². The van der Waals surface area contributed by atoms with Crippen LogP contribution in [0, 0.1) is 0 Å². The van der Waals surface area contributed by atoms with E-state index in [1.807, 2.05) is 0 Å². The van der Waals surface area contributed by atoms with E-state index < -0.39 is 0 Å². The van der Waals surface area contributed by atoms with Crippen LogP contribution in [-0.4, -0.2) is 19.1 Å². The third-order valence-electron chi connectivity index (χ3n) is 13.4. The summed E-state index contributed by atoms with van der Waals surface area (Å²) in [4.78, 5) is 11.7. The van der Waals surface area contributed by atoms with Crippen LogP contribution in [0.4, 0.5) is 0 Å². The van der Waals surface area contributed by atoms with E-state index in [9.17, 15) is 0 Å². The molecule has 0 fully saturated rings. The lowest BCUT2D eigenvalue weighted by Gasteiger charge is -2.17. The van der Waals surface area contributed by atoms with Crippen molar-refractivity contribution in [2.24, 2.45) is 0 Å². The lowest BCUT2D eigenvalue weighted by molar-refractivity contribution is 0.669. The zero-order valence-electron chi connectivity index (χ0n) is 32.5. The minimum absolute atomic E-state index is 0.795. The van der Waals surface area contributed by atoms with E-state index in [1.165, 1.54) is 59.7 Å². The van der Waals surface area contributed by atoms with Gasteiger partial charge in [-0.15, -0.1) is 0 Å². The van der Waals surface area contributed by atoms with Gasteiger partial charge >= 0.3 is 0 Å². The highest BCUT2D eigenvalue weighted by molar-refractivity contribution is 6.38. The standard InChI is InChI=1S/C56H30N4O/c1-2-13-33(14-3-1)59-42-22-9-8-17-36(42)41-30-32(25-26-43(41)59)53-56(58-55-40-19-7-5-16-35(40)34-15-4-6-18-39(34)54(55)57-53)60-44-27-24-31-12-10-20-37-38-21-11-23-46-49(38)52-47(61-46)29-28-45(60)51(52)50(44)48(31)37/h1-30H. The number of fused-ring (bicyclic) bond motifs is 10. The van der Waals surface area contributed by atoms with Gasteiger partial charge in [-0.05, 0) is 87.3 Å². The van der Waals surface area contributed by atoms with Crippen molar-refractivity contribution in [3.63, 3.8) is 0 Å². The molecule has 15 rings (SSSR count). The molecule has 5 nitrogen and oxygen atoms in total. The molecule has 10 aromatic carbocycles. The summed E-state index contributed by atoms with van der Waals surface area (Å²) >= 11 is 0. The van der Waals surface area contributed by atoms with Crippen LogP contribution in [0.15, 0.2) is 186 Å². The Morgan fingerprint density at radius 1 is 0.361 bits per heavy atom. The van der Waals surface area contributed by atoms with Crippen LogP contribution in [0.5, 0.6) is 0 Å². The average molecular weight is 775 g/mol. The minimum Gasteiger partial charge on any atom is -0.456 e. The third kappa shape index (κ3) is 3.96. The van der Waals surface area contributed by atoms with Crippen molar-refractivity contribution in [3.8, 4) is 33.9 Å². The quantitative estimate of drug-likeness (QED) is 0.168. The van der Waals surface area contributed by atoms with Crippen molar-refractivity contribution in [1.29, 1.82) is 0 Å². The van der Waals surface area contributed by atoms with Crippen LogP contribution in [0.3, 0.4) is 0 Å². The fourth-order valence-electron chi connectivity index (χ4n) is 10.9. The molecule has 14 aromatic rings. The molecule has 0 atom stereocenters. The molecule has 0 saturated heterocycles. The molecule has 1 aliphatic carbocycles. The van der Waals surface area contributed by atoms with Gasteiger partial charge in [0, 0.05) is 54.3 Å². The first-order valence-corrected chi connectivity index (χ1v) is 20.8. The Morgan fingerprint density at radius 3 is 1.77 bits per heavy atom. The van der Waals surface area contributed by atoms with E-state index in [0.717, 1.165) is 83.1 Å². The molecule has 0 amide bonds. The van der Waals surface area contributed by atoms with E-state index in [-0.39, 0.29) is 0 Å². The van der Waals surface area contributed by atoms with Crippen molar-refractivity contribution in [3.05, 3.63) is 182 Å². The first-order chi connectivity index (χ1) is 30.3. The Kier molecular flexibility index (Phi) is 5.85. The van der Waals surface area contributed by atoms with Gasteiger partial charge in [-0.2, -0.15) is 0 Å². The van der Waals surface area contributed by atoms with Crippen LogP contribution in [-0.2, 0) is 0 Å². The normalized spacial score (nSPS) is 12.6. The van der Waals surface area contributed by atoms with Crippen molar-refractivity contribution < 1.29 is 4.42 Å². The molecule has 1 aliphatic rings. The molecule has 0 unspecified atom stereocenters. The van der Waals surface area contributed by atoms with Crippen LogP contribution in [0.1, 0.15) is 0 Å². The topological polar surface area (TPSA) is 48.8 Å². The second kappa shape index (κ2) is 11.3. The number of nitrogens with zero attached hydrogens (tertiary/aromatic N) is 4. The SMILES string of the molecule is c1ccc(-n2c3ccccc3c3cc(-c4nc5c6ccccc6c6ccccc6c5nc4-n4c5ccc6cccc7c6c5c5c6c(ccc54)oc4cccc-7c46)ccc32)cc1. The summed E-state index contributed by atoms with van der Waals surface area (Å²) in [5.41, 5.74) is 13.4. The van der Waals surface area contributed by atoms with Crippen LogP contribution < -0.4 is 0 Å². The number of hydrogen-bond donors (Lipinski definition) is 0. The lowest BCUT2D eigenvalue weighted by atomic mass is 9.95. The summed E-state index contributed by atoms with van der Waals surface area (Å²) in [6.45, 7) is 0. The average Bonchev–Trinajstić information content (AvgIpc) is 3.96. The van der Waals surface area contributed by atoms with E-state index in [0.29, 0.717) is 0 Å². The zero-order valence-corrected chi connectivity index (χ0v) is 32.5. The van der Waals surface area contributed by atoms with Gasteiger partial charge in [-0.1, -0.05) is 127 Å². The second-order valence-electron chi connectivity index (χ2n) is 16.4. The Labute approximate surface area is 346 Å². The molecule has 0 saturated carbocycles. The van der Waals surface area contributed by atoms with Crippen LogP contribution in [0.2, 0.25) is 0 Å². The predicted molar refractivity (Wildman–Crippen MR) is 252 cm³/mol. The highest BCUT2D eigenvalue weighted by atomic mass is 16.3. The summed E-state index contributed by atoms with van der Waals surface area (Å²) < 4.78 is 11.4. The molecule has 0 spiro atoms. The number of furan rings is 1. The van der Waals surface area contributed by atoms with Gasteiger partial charge in [0.05, 0.1) is 33.1 Å². The molecular formula is C56H30N4O. The Morgan fingerprint density at radius 2 is 0.967 bits per heavy atom. The molecule has 0 N–H and O–H groups in total. The number of rotatable bonds is 3. The first-order valence-electron chi connectivity index (χ1n) is 20.8. The summed E-state index contributed by atoms with van der Waals surface area (Å²) in [6, 6.07) is 65.5. The molecule has 0 aliphatic heterocycles. The maximum atomic E-state index is 6.64. The summed E-state index contributed by atoms with van der Waals surface area (Å²) in [7, 11) is 0. The first kappa shape index (κ1) is 31.7. The van der Waals surface area contributed by atoms with E-state index in [4.69, 9.17) is 14.4 Å². The van der Waals surface area contributed by atoms with Gasteiger partial charge in [-0.25, -0.2) is 9.97 Å². The summed E-state index contributed by atoms with van der Waals surface area (Å²) in [6.07, 6.45) is 0. The molecule has 280 valence electrons. The molecule has 61 heavy (non-hydrogen) atoms. The van der Waals surface area contributed by atoms with Crippen LogP contribution >= 0.6 is 0 Å². The minimum atomic E-state index is 0.795. The Hall–Kier alpha value is -8.28. The lowest BCUT2D eigenvalue weighted by Crippen LogP contribution is -2.04. The van der Waals surface area contributed by atoms with Gasteiger partial charge in [0.2, 0.25) is 0 Å². The fraction of sp³-hybridized carbons (Fsp3) is 0. The maximum Gasteiger partial charge on any atom is 0.165 e. The van der Waals surface area contributed by atoms with Gasteiger partial charge in [0.15, 0.2) is 5.82 Å². The second-order valence-corrected chi connectivity index (χ2v) is 16.4. The van der Waals surface area contributed by atoms with Gasteiger partial charge in [0.25, 0.3) is 0 Å². The van der Waals surface area contributed by atoms with Gasteiger partial charge in [0.1, 0.15) is 16.9 Å². The molecule has 4 aromatic heterocycles. The van der Waals surface area contributed by atoms with E-state index in [1.54, 1.807) is 0 Å². The highest BCUT2D eigenvalue weighted by Crippen LogP contribution is 2.51. The largest absolute Gasteiger partial charge is 0.456 e. The molecule has 4 heterocycles. The summed E-state index contributed by atoms with van der Waals surface area (Å²) in [5, 5.41) is 14.0. The zero-order chi connectivity index (χ0) is 39.5. The fourth-order valence-corrected chi connectivity index (χ4v) is 10.9. The van der Waals surface area contributed by atoms with Gasteiger partial charge in [-0.3, -0.25) is 4.57 Å². The summed E-state index contributed by atoms with van der Waals surface area (Å²) in [5.74, 6) is 0.795. The van der Waals surface area contributed by atoms with E-state index >= 15 is 0 Å². The maximum absolute atomic E-state index is 6.64. The van der Waals surface area contributed by atoms with Crippen molar-refractivity contribution in [1.82, 2.24) is 19.1 Å². The van der Waals surface area contributed by atoms with Crippen molar-refractivity contribution in [2.75, 3.05) is 0 Å². The number of benzene rings is 10. The van der Waals surface area contributed by atoms with E-state index in [2.05, 4.69) is 191 Å². The number of para-hydroxylation sites is 2. The van der Waals surface area contributed by atoms with Crippen molar-refractivity contribution >= 4 is 109 Å².